The quantitative estimate of drug-likeness (QED) is 0.528. The molecule has 5 rings (SSSR count). The molecular weight excluding hydrogens is 402 g/mol. The van der Waals surface area contributed by atoms with E-state index in [-0.39, 0.29) is 18.0 Å². The van der Waals surface area contributed by atoms with Crippen LogP contribution in [0.5, 0.6) is 0 Å². The molecule has 3 N–H and O–H groups in total. The summed E-state index contributed by atoms with van der Waals surface area (Å²) in [7, 11) is 0. The number of carbonyl (C=O) groups excluding carboxylic acids is 1. The Morgan fingerprint density at radius 3 is 2.84 bits per heavy atom. The zero-order valence-corrected chi connectivity index (χ0v) is 18.7. The van der Waals surface area contributed by atoms with Crippen molar-refractivity contribution < 1.29 is 4.79 Å². The molecule has 3 aromatic rings. The molecule has 2 aromatic heterocycles. The Hall–Kier alpha value is -3.16. The van der Waals surface area contributed by atoms with E-state index in [1.807, 2.05) is 6.07 Å². The van der Waals surface area contributed by atoms with Crippen molar-refractivity contribution in [3.05, 3.63) is 42.4 Å². The van der Waals surface area contributed by atoms with Crippen molar-refractivity contribution >= 4 is 28.4 Å². The number of hydrogen-bond donors (Lipinski definition) is 3. The van der Waals surface area contributed by atoms with Crippen molar-refractivity contribution in [2.24, 2.45) is 5.92 Å². The first-order valence-corrected chi connectivity index (χ1v) is 11.6. The fraction of sp³-hybridized carbons (Fsp3) is 0.500. The zero-order valence-electron chi connectivity index (χ0n) is 18.7. The predicted octanol–water partition coefficient (Wildman–Crippen LogP) is 3.45. The summed E-state index contributed by atoms with van der Waals surface area (Å²) in [5, 5.41) is 14.9. The number of benzene rings is 1. The lowest BCUT2D eigenvalue weighted by Gasteiger charge is -2.35. The fourth-order valence-corrected chi connectivity index (χ4v) is 4.71. The van der Waals surface area contributed by atoms with Crippen LogP contribution in [-0.4, -0.2) is 51.2 Å². The molecule has 2 atom stereocenters. The van der Waals surface area contributed by atoms with Crippen LogP contribution in [-0.2, 0) is 4.79 Å². The van der Waals surface area contributed by atoms with Gasteiger partial charge >= 0.3 is 0 Å². The molecule has 168 valence electrons. The summed E-state index contributed by atoms with van der Waals surface area (Å²) in [4.78, 5) is 24.3. The molecule has 1 aromatic carbocycles. The number of fused-ring (bicyclic) bond motifs is 1. The second kappa shape index (κ2) is 8.76. The van der Waals surface area contributed by atoms with Gasteiger partial charge in [0.25, 0.3) is 0 Å². The van der Waals surface area contributed by atoms with Crippen LogP contribution in [0.1, 0.15) is 51.0 Å². The van der Waals surface area contributed by atoms with Crippen LogP contribution < -0.4 is 15.5 Å². The van der Waals surface area contributed by atoms with E-state index in [2.05, 4.69) is 67.7 Å². The van der Waals surface area contributed by atoms with E-state index in [0.717, 1.165) is 61.3 Å². The number of nitrogens with one attached hydrogen (secondary N) is 3. The number of piperidine rings is 1. The lowest BCUT2D eigenvalue weighted by Crippen LogP contribution is -2.52. The number of para-hydroxylation sites is 1. The minimum absolute atomic E-state index is 0.0940. The Bertz CT molecular complexity index is 1090. The van der Waals surface area contributed by atoms with Crippen LogP contribution in [0.4, 0.5) is 11.5 Å². The molecule has 0 radical (unpaired) electrons. The molecular formula is C24H31N7O. The molecule has 1 aliphatic carbocycles. The molecule has 1 saturated carbocycles. The molecule has 0 unspecified atom stereocenters. The summed E-state index contributed by atoms with van der Waals surface area (Å²) in [6, 6.07) is 8.24. The van der Waals surface area contributed by atoms with Gasteiger partial charge in [-0.25, -0.2) is 9.97 Å². The van der Waals surface area contributed by atoms with Crippen LogP contribution in [0.25, 0.3) is 11.0 Å². The minimum Gasteiger partial charge on any atom is -0.373 e. The Morgan fingerprint density at radius 1 is 1.19 bits per heavy atom. The van der Waals surface area contributed by atoms with E-state index in [4.69, 9.17) is 0 Å². The number of nitrogens with zero attached hydrogens (tertiary/aromatic N) is 4. The SMILES string of the molecule is CC(C)c1ccccc1N[C@@H](C(=O)N[C@@H]1CCCN(c2ncnc3[nH]ncc23)C1)C1CC1. The van der Waals surface area contributed by atoms with Crippen molar-refractivity contribution in [1.82, 2.24) is 25.5 Å². The minimum atomic E-state index is -0.190. The van der Waals surface area contributed by atoms with E-state index < -0.39 is 0 Å². The van der Waals surface area contributed by atoms with Crippen molar-refractivity contribution in [3.8, 4) is 0 Å². The Labute approximate surface area is 188 Å². The second-order valence-electron chi connectivity index (χ2n) is 9.32. The molecule has 0 spiro atoms. The third kappa shape index (κ3) is 4.26. The highest BCUT2D eigenvalue weighted by Gasteiger charge is 2.37. The molecule has 3 heterocycles. The lowest BCUT2D eigenvalue weighted by atomic mass is 9.99. The van der Waals surface area contributed by atoms with Gasteiger partial charge in [-0.2, -0.15) is 5.10 Å². The van der Waals surface area contributed by atoms with Gasteiger partial charge in [0, 0.05) is 24.8 Å². The molecule has 32 heavy (non-hydrogen) atoms. The molecule has 1 amide bonds. The first kappa shape index (κ1) is 20.7. The largest absolute Gasteiger partial charge is 0.373 e. The molecule has 0 bridgehead atoms. The van der Waals surface area contributed by atoms with E-state index >= 15 is 0 Å². The summed E-state index contributed by atoms with van der Waals surface area (Å²) in [6.07, 6.45) is 7.52. The summed E-state index contributed by atoms with van der Waals surface area (Å²) in [5.74, 6) is 1.79. The number of rotatable bonds is 7. The van der Waals surface area contributed by atoms with Crippen molar-refractivity contribution in [3.63, 3.8) is 0 Å². The molecule has 2 aliphatic rings. The normalized spacial score (nSPS) is 19.8. The standard InChI is InChI=1S/C24H31N7O/c1-15(2)18-7-3-4-8-20(18)29-21(16-9-10-16)24(32)28-17-6-5-11-31(13-17)23-19-12-27-30-22(19)25-14-26-23/h3-4,7-8,12,14-17,21,29H,5-6,9-11,13H2,1-2H3,(H,28,32)(H,25,26,27,30)/t17-,21-/m1/s1. The summed E-state index contributed by atoms with van der Waals surface area (Å²) >= 11 is 0. The van der Waals surface area contributed by atoms with Gasteiger partial charge in [0.1, 0.15) is 18.2 Å². The maximum atomic E-state index is 13.4. The predicted molar refractivity (Wildman–Crippen MR) is 126 cm³/mol. The topological polar surface area (TPSA) is 98.8 Å². The Kier molecular flexibility index (Phi) is 5.68. The van der Waals surface area contributed by atoms with Gasteiger partial charge in [-0.3, -0.25) is 9.89 Å². The Balaban J connectivity index is 1.28. The van der Waals surface area contributed by atoms with Crippen molar-refractivity contribution in [2.45, 2.75) is 57.5 Å². The lowest BCUT2D eigenvalue weighted by molar-refractivity contribution is -0.123. The molecule has 8 heteroatoms. The van der Waals surface area contributed by atoms with Gasteiger partial charge in [-0.05, 0) is 49.1 Å². The fourth-order valence-electron chi connectivity index (χ4n) is 4.71. The van der Waals surface area contributed by atoms with Crippen LogP contribution in [0.3, 0.4) is 0 Å². The second-order valence-corrected chi connectivity index (χ2v) is 9.32. The summed E-state index contributed by atoms with van der Waals surface area (Å²) < 4.78 is 0. The summed E-state index contributed by atoms with van der Waals surface area (Å²) in [6.45, 7) is 6.03. The monoisotopic (exact) mass is 433 g/mol. The molecule has 1 aliphatic heterocycles. The Morgan fingerprint density at radius 2 is 2.03 bits per heavy atom. The van der Waals surface area contributed by atoms with Crippen molar-refractivity contribution in [1.29, 1.82) is 0 Å². The van der Waals surface area contributed by atoms with E-state index in [1.54, 1.807) is 12.5 Å². The van der Waals surface area contributed by atoms with Gasteiger partial charge in [0.2, 0.25) is 5.91 Å². The highest BCUT2D eigenvalue weighted by atomic mass is 16.2. The maximum Gasteiger partial charge on any atom is 0.243 e. The number of amides is 1. The number of anilines is 2. The molecule has 2 fully saturated rings. The van der Waals surface area contributed by atoms with E-state index in [9.17, 15) is 4.79 Å². The van der Waals surface area contributed by atoms with E-state index in [1.165, 1.54) is 5.56 Å². The third-order valence-corrected chi connectivity index (χ3v) is 6.56. The van der Waals surface area contributed by atoms with Crippen LogP contribution in [0, 0.1) is 5.92 Å². The average molecular weight is 434 g/mol. The van der Waals surface area contributed by atoms with Gasteiger partial charge in [-0.1, -0.05) is 32.0 Å². The van der Waals surface area contributed by atoms with Crippen LogP contribution in [0.15, 0.2) is 36.8 Å². The molecule has 8 nitrogen and oxygen atoms in total. The molecule has 1 saturated heterocycles. The smallest absolute Gasteiger partial charge is 0.243 e. The zero-order chi connectivity index (χ0) is 22.1. The third-order valence-electron chi connectivity index (χ3n) is 6.56. The maximum absolute atomic E-state index is 13.4. The highest BCUT2D eigenvalue weighted by Crippen LogP contribution is 2.36. The van der Waals surface area contributed by atoms with Gasteiger partial charge < -0.3 is 15.5 Å². The average Bonchev–Trinajstić information content (AvgIpc) is 3.52. The number of H-pyrrole nitrogens is 1. The highest BCUT2D eigenvalue weighted by molar-refractivity contribution is 5.87. The van der Waals surface area contributed by atoms with Crippen LogP contribution in [0.2, 0.25) is 0 Å². The van der Waals surface area contributed by atoms with Gasteiger partial charge in [0.05, 0.1) is 11.6 Å². The van der Waals surface area contributed by atoms with Crippen LogP contribution >= 0.6 is 0 Å². The first-order chi connectivity index (χ1) is 15.6. The number of aromatic amines is 1. The van der Waals surface area contributed by atoms with E-state index in [0.29, 0.717) is 11.8 Å². The van der Waals surface area contributed by atoms with Gasteiger partial charge in [0.15, 0.2) is 5.65 Å². The summed E-state index contributed by atoms with van der Waals surface area (Å²) in [5.41, 5.74) is 3.06. The van der Waals surface area contributed by atoms with Gasteiger partial charge in [-0.15, -0.1) is 0 Å². The first-order valence-electron chi connectivity index (χ1n) is 11.6. The number of hydrogen-bond acceptors (Lipinski definition) is 6. The number of carbonyl (C=O) groups is 1. The number of aromatic nitrogens is 4. The van der Waals surface area contributed by atoms with Crippen molar-refractivity contribution in [2.75, 3.05) is 23.3 Å².